The fourth-order valence-corrected chi connectivity index (χ4v) is 5.10. The van der Waals surface area contributed by atoms with E-state index >= 15 is 0 Å². The Morgan fingerprint density at radius 1 is 1.30 bits per heavy atom. The van der Waals surface area contributed by atoms with Crippen LogP contribution in [0.3, 0.4) is 0 Å². The van der Waals surface area contributed by atoms with Crippen molar-refractivity contribution in [3.63, 3.8) is 0 Å². The molecule has 23 heavy (non-hydrogen) atoms. The minimum absolute atomic E-state index is 0.0118. The van der Waals surface area contributed by atoms with Crippen molar-refractivity contribution in [1.29, 1.82) is 0 Å². The first kappa shape index (κ1) is 16.4. The first-order valence-electron chi connectivity index (χ1n) is 8.14. The highest BCUT2D eigenvalue weighted by Gasteiger charge is 2.31. The van der Waals surface area contributed by atoms with Crippen molar-refractivity contribution < 1.29 is 8.42 Å². The lowest BCUT2D eigenvalue weighted by Gasteiger charge is -2.27. The summed E-state index contributed by atoms with van der Waals surface area (Å²) in [6, 6.07) is 9.63. The Labute approximate surface area is 137 Å². The van der Waals surface area contributed by atoms with Crippen LogP contribution >= 0.6 is 0 Å². The molecule has 3 rings (SSSR count). The molecule has 2 heterocycles. The maximum Gasteiger partial charge on any atom is 0.218 e. The average Bonchev–Trinajstić information content (AvgIpc) is 3.06. The second-order valence-corrected chi connectivity index (χ2v) is 7.93. The Morgan fingerprint density at radius 2 is 2.13 bits per heavy atom. The molecule has 0 radical (unpaired) electrons. The molecule has 5 nitrogen and oxygen atoms in total. The molecule has 124 valence electrons. The number of para-hydroxylation sites is 1. The molecule has 1 fully saturated rings. The summed E-state index contributed by atoms with van der Waals surface area (Å²) in [7, 11) is -3.36. The van der Waals surface area contributed by atoms with E-state index in [1.54, 1.807) is 10.5 Å². The third-order valence-corrected chi connectivity index (χ3v) is 6.17. The molecule has 1 aliphatic heterocycles. The first-order chi connectivity index (χ1) is 11.1. The molecule has 1 aromatic heterocycles. The maximum atomic E-state index is 13.0. The summed E-state index contributed by atoms with van der Waals surface area (Å²) in [5.74, 6) is 0.0118. The third kappa shape index (κ3) is 3.54. The van der Waals surface area contributed by atoms with Gasteiger partial charge >= 0.3 is 0 Å². The van der Waals surface area contributed by atoms with Crippen molar-refractivity contribution >= 4 is 20.9 Å². The lowest BCUT2D eigenvalue weighted by molar-refractivity contribution is 0.334. The van der Waals surface area contributed by atoms with Gasteiger partial charge in [-0.2, -0.15) is 4.31 Å². The number of rotatable bonds is 6. The molecule has 1 saturated heterocycles. The largest absolute Gasteiger partial charge is 0.315 e. The molecule has 0 amide bonds. The van der Waals surface area contributed by atoms with Gasteiger partial charge in [0.05, 0.1) is 11.3 Å². The van der Waals surface area contributed by atoms with Crippen LogP contribution in [-0.4, -0.2) is 43.4 Å². The highest BCUT2D eigenvalue weighted by molar-refractivity contribution is 7.88. The molecule has 0 spiro atoms. The van der Waals surface area contributed by atoms with E-state index in [0.717, 1.165) is 42.4 Å². The van der Waals surface area contributed by atoms with Gasteiger partial charge in [-0.3, -0.25) is 4.98 Å². The highest BCUT2D eigenvalue weighted by Crippen LogP contribution is 2.22. The molecule has 0 aliphatic carbocycles. The number of fused-ring (bicyclic) bond motifs is 1. The Balaban J connectivity index is 1.91. The Morgan fingerprint density at radius 3 is 2.87 bits per heavy atom. The standard InChI is InChI=1S/C17H23N3O2S/c1-2-11-20(16-8-10-18-12-16)23(21,22)13-15-6-3-5-14-7-4-9-19-17(14)15/h3-7,9,16,18H,2,8,10-13H2,1H3. The Hall–Kier alpha value is -1.50. The molecular weight excluding hydrogens is 310 g/mol. The number of nitrogens with zero attached hydrogens (tertiary/aromatic N) is 2. The number of hydrogen-bond acceptors (Lipinski definition) is 4. The normalized spacial score (nSPS) is 18.8. The van der Waals surface area contributed by atoms with Gasteiger partial charge in [-0.25, -0.2) is 8.42 Å². The van der Waals surface area contributed by atoms with Crippen LogP contribution in [0.1, 0.15) is 25.3 Å². The second-order valence-electron chi connectivity index (χ2n) is 6.01. The molecule has 1 aliphatic rings. The van der Waals surface area contributed by atoms with Gasteiger partial charge in [-0.05, 0) is 31.0 Å². The SMILES string of the molecule is CCCN(C1CCNC1)S(=O)(=O)Cc1cccc2cccnc12. The van der Waals surface area contributed by atoms with Crippen molar-refractivity contribution in [1.82, 2.24) is 14.6 Å². The zero-order valence-electron chi connectivity index (χ0n) is 13.4. The number of hydrogen-bond donors (Lipinski definition) is 1. The van der Waals surface area contributed by atoms with Crippen molar-refractivity contribution in [3.05, 3.63) is 42.1 Å². The molecule has 1 atom stereocenters. The molecule has 0 saturated carbocycles. The van der Waals surface area contributed by atoms with E-state index in [0.29, 0.717) is 6.54 Å². The van der Waals surface area contributed by atoms with Gasteiger partial charge in [0.2, 0.25) is 10.0 Å². The summed E-state index contributed by atoms with van der Waals surface area (Å²) in [6.45, 7) is 4.22. The molecule has 1 unspecified atom stereocenters. The van der Waals surface area contributed by atoms with Gasteiger partial charge in [-0.15, -0.1) is 0 Å². The monoisotopic (exact) mass is 333 g/mol. The quantitative estimate of drug-likeness (QED) is 0.880. The summed E-state index contributed by atoms with van der Waals surface area (Å²) < 4.78 is 27.7. The molecule has 0 bridgehead atoms. The zero-order valence-corrected chi connectivity index (χ0v) is 14.2. The molecule has 1 N–H and O–H groups in total. The van der Waals surface area contributed by atoms with Gasteiger partial charge in [0.15, 0.2) is 0 Å². The number of nitrogens with one attached hydrogen (secondary N) is 1. The molecule has 2 aromatic rings. The third-order valence-electron chi connectivity index (χ3n) is 4.30. The number of benzene rings is 1. The van der Waals surface area contributed by atoms with Gasteiger partial charge < -0.3 is 5.32 Å². The predicted octanol–water partition coefficient (Wildman–Crippen LogP) is 2.14. The lowest BCUT2D eigenvalue weighted by Crippen LogP contribution is -2.42. The van der Waals surface area contributed by atoms with E-state index in [2.05, 4.69) is 10.3 Å². The zero-order chi connectivity index (χ0) is 16.3. The van der Waals surface area contributed by atoms with E-state index in [1.807, 2.05) is 37.3 Å². The van der Waals surface area contributed by atoms with Crippen LogP contribution in [0.5, 0.6) is 0 Å². The summed E-state index contributed by atoms with van der Waals surface area (Å²) in [5, 5.41) is 4.23. The van der Waals surface area contributed by atoms with Crippen molar-refractivity contribution in [3.8, 4) is 0 Å². The summed E-state index contributed by atoms with van der Waals surface area (Å²) in [6.07, 6.45) is 3.42. The lowest BCUT2D eigenvalue weighted by atomic mass is 10.1. The van der Waals surface area contributed by atoms with E-state index < -0.39 is 10.0 Å². The van der Waals surface area contributed by atoms with E-state index in [9.17, 15) is 8.42 Å². The van der Waals surface area contributed by atoms with Gasteiger partial charge in [0, 0.05) is 30.7 Å². The van der Waals surface area contributed by atoms with Crippen LogP contribution in [0.15, 0.2) is 36.5 Å². The minimum Gasteiger partial charge on any atom is -0.315 e. The van der Waals surface area contributed by atoms with Crippen LogP contribution < -0.4 is 5.32 Å². The molecule has 1 aromatic carbocycles. The maximum absolute atomic E-state index is 13.0. The van der Waals surface area contributed by atoms with E-state index in [-0.39, 0.29) is 11.8 Å². The Bertz CT molecular complexity index is 765. The van der Waals surface area contributed by atoms with Gasteiger partial charge in [0.1, 0.15) is 0 Å². The van der Waals surface area contributed by atoms with Crippen LogP contribution in [0, 0.1) is 0 Å². The van der Waals surface area contributed by atoms with Gasteiger partial charge in [0.25, 0.3) is 0 Å². The first-order valence-corrected chi connectivity index (χ1v) is 9.75. The number of pyridine rings is 1. The van der Waals surface area contributed by atoms with Crippen LogP contribution in [0.25, 0.3) is 10.9 Å². The fourth-order valence-electron chi connectivity index (χ4n) is 3.22. The van der Waals surface area contributed by atoms with Crippen LogP contribution in [0.2, 0.25) is 0 Å². The van der Waals surface area contributed by atoms with Crippen molar-refractivity contribution in [2.24, 2.45) is 0 Å². The Kier molecular flexibility index (Phi) is 4.94. The smallest absolute Gasteiger partial charge is 0.218 e. The minimum atomic E-state index is -3.36. The van der Waals surface area contributed by atoms with Crippen molar-refractivity contribution in [2.75, 3.05) is 19.6 Å². The number of aromatic nitrogens is 1. The highest BCUT2D eigenvalue weighted by atomic mass is 32.2. The fraction of sp³-hybridized carbons (Fsp3) is 0.471. The van der Waals surface area contributed by atoms with E-state index in [4.69, 9.17) is 0 Å². The average molecular weight is 333 g/mol. The summed E-state index contributed by atoms with van der Waals surface area (Å²) in [5.41, 5.74) is 1.55. The van der Waals surface area contributed by atoms with Crippen LogP contribution in [0.4, 0.5) is 0 Å². The van der Waals surface area contributed by atoms with Crippen LogP contribution in [-0.2, 0) is 15.8 Å². The van der Waals surface area contributed by atoms with Crippen molar-refractivity contribution in [2.45, 2.75) is 31.6 Å². The van der Waals surface area contributed by atoms with E-state index in [1.165, 1.54) is 0 Å². The summed E-state index contributed by atoms with van der Waals surface area (Å²) >= 11 is 0. The molecular formula is C17H23N3O2S. The summed E-state index contributed by atoms with van der Waals surface area (Å²) in [4.78, 5) is 4.37. The second kappa shape index (κ2) is 6.95. The van der Waals surface area contributed by atoms with Gasteiger partial charge in [-0.1, -0.05) is 31.2 Å². The topological polar surface area (TPSA) is 62.3 Å². The number of sulfonamides is 1. The predicted molar refractivity (Wildman–Crippen MR) is 92.6 cm³/mol. The molecule has 6 heteroatoms.